The van der Waals surface area contributed by atoms with Gasteiger partial charge in [0.1, 0.15) is 6.61 Å². The summed E-state index contributed by atoms with van der Waals surface area (Å²) in [7, 11) is 4.44. The average molecular weight is 384 g/mol. The first-order chi connectivity index (χ1) is 13.5. The Hall–Kier alpha value is -3.02. The van der Waals surface area contributed by atoms with Crippen molar-refractivity contribution in [3.63, 3.8) is 0 Å². The Morgan fingerprint density at radius 3 is 2.39 bits per heavy atom. The summed E-state index contributed by atoms with van der Waals surface area (Å²) in [6, 6.07) is 9.39. The van der Waals surface area contributed by atoms with Gasteiger partial charge in [-0.25, -0.2) is 0 Å². The fourth-order valence-corrected chi connectivity index (χ4v) is 3.47. The normalized spacial score (nSPS) is 13.6. The SMILES string of the molecule is COC(=O)[C@H](C)COc1c(-c2cccc3c2CCC3=O)ccc(OC)c1OC. The molecule has 6 nitrogen and oxygen atoms in total. The zero-order valence-corrected chi connectivity index (χ0v) is 16.5. The molecule has 1 aliphatic carbocycles. The molecule has 2 aromatic carbocycles. The number of Topliss-reactive ketones (excluding diaryl/α,β-unsaturated/α-hetero) is 1. The molecule has 0 unspecified atom stereocenters. The number of fused-ring (bicyclic) bond motifs is 1. The molecule has 0 radical (unpaired) electrons. The van der Waals surface area contributed by atoms with E-state index in [1.807, 2.05) is 24.3 Å². The third-order valence-electron chi connectivity index (χ3n) is 4.95. The van der Waals surface area contributed by atoms with E-state index >= 15 is 0 Å². The van der Waals surface area contributed by atoms with E-state index in [1.165, 1.54) is 14.2 Å². The monoisotopic (exact) mass is 384 g/mol. The molecular weight excluding hydrogens is 360 g/mol. The van der Waals surface area contributed by atoms with Gasteiger partial charge in [-0.1, -0.05) is 18.2 Å². The summed E-state index contributed by atoms with van der Waals surface area (Å²) in [5, 5.41) is 0. The Labute approximate surface area is 164 Å². The maximum atomic E-state index is 12.2. The third-order valence-corrected chi connectivity index (χ3v) is 4.95. The number of methoxy groups -OCH3 is 3. The summed E-state index contributed by atoms with van der Waals surface area (Å²) in [5.41, 5.74) is 3.47. The molecule has 0 aliphatic heterocycles. The van der Waals surface area contributed by atoms with Crippen molar-refractivity contribution in [2.45, 2.75) is 19.8 Å². The van der Waals surface area contributed by atoms with E-state index in [1.54, 1.807) is 20.1 Å². The smallest absolute Gasteiger partial charge is 0.311 e. The first kappa shape index (κ1) is 19.7. The average Bonchev–Trinajstić information content (AvgIpc) is 3.11. The predicted molar refractivity (Wildman–Crippen MR) is 104 cm³/mol. The molecule has 0 spiro atoms. The van der Waals surface area contributed by atoms with E-state index in [0.717, 1.165) is 22.3 Å². The van der Waals surface area contributed by atoms with Crippen molar-refractivity contribution in [2.75, 3.05) is 27.9 Å². The summed E-state index contributed by atoms with van der Waals surface area (Å²) in [6.45, 7) is 1.86. The second-order valence-corrected chi connectivity index (χ2v) is 6.67. The number of carbonyl (C=O) groups excluding carboxylic acids is 2. The van der Waals surface area contributed by atoms with Gasteiger partial charge < -0.3 is 18.9 Å². The van der Waals surface area contributed by atoms with Crippen molar-refractivity contribution < 1.29 is 28.5 Å². The van der Waals surface area contributed by atoms with E-state index in [2.05, 4.69) is 0 Å². The Balaban J connectivity index is 2.09. The van der Waals surface area contributed by atoms with Crippen LogP contribution in [0.3, 0.4) is 0 Å². The number of carbonyl (C=O) groups is 2. The number of esters is 1. The lowest BCUT2D eigenvalue weighted by molar-refractivity contribution is -0.145. The summed E-state index contributed by atoms with van der Waals surface area (Å²) >= 11 is 0. The van der Waals surface area contributed by atoms with Gasteiger partial charge in [0.25, 0.3) is 0 Å². The number of rotatable bonds is 7. The second-order valence-electron chi connectivity index (χ2n) is 6.67. The van der Waals surface area contributed by atoms with Crippen LogP contribution in [-0.4, -0.2) is 39.7 Å². The highest BCUT2D eigenvalue weighted by Crippen LogP contribution is 2.46. The third kappa shape index (κ3) is 3.54. The first-order valence-corrected chi connectivity index (χ1v) is 9.12. The van der Waals surface area contributed by atoms with Crippen molar-refractivity contribution in [3.8, 4) is 28.4 Å². The zero-order valence-electron chi connectivity index (χ0n) is 16.5. The molecule has 148 valence electrons. The molecule has 28 heavy (non-hydrogen) atoms. The van der Waals surface area contributed by atoms with E-state index in [4.69, 9.17) is 18.9 Å². The molecule has 6 heteroatoms. The van der Waals surface area contributed by atoms with Crippen LogP contribution in [0.15, 0.2) is 30.3 Å². The van der Waals surface area contributed by atoms with Crippen molar-refractivity contribution in [2.24, 2.45) is 5.92 Å². The van der Waals surface area contributed by atoms with Crippen LogP contribution >= 0.6 is 0 Å². The van der Waals surface area contributed by atoms with Crippen LogP contribution in [0.2, 0.25) is 0 Å². The Morgan fingerprint density at radius 1 is 0.964 bits per heavy atom. The molecule has 0 saturated heterocycles. The molecule has 3 rings (SSSR count). The Morgan fingerprint density at radius 2 is 1.71 bits per heavy atom. The minimum atomic E-state index is -0.447. The summed E-state index contributed by atoms with van der Waals surface area (Å²) in [5.74, 6) is 0.797. The molecule has 0 saturated carbocycles. The Bertz CT molecular complexity index is 902. The lowest BCUT2D eigenvalue weighted by Crippen LogP contribution is -2.20. The van der Waals surface area contributed by atoms with Crippen LogP contribution in [-0.2, 0) is 16.0 Å². The predicted octanol–water partition coefficient (Wildman–Crippen LogP) is 3.69. The summed E-state index contributed by atoms with van der Waals surface area (Å²) < 4.78 is 21.8. The van der Waals surface area contributed by atoms with Crippen molar-refractivity contribution in [3.05, 3.63) is 41.5 Å². The molecule has 2 aromatic rings. The van der Waals surface area contributed by atoms with Gasteiger partial charge in [-0.2, -0.15) is 0 Å². The van der Waals surface area contributed by atoms with Crippen LogP contribution in [0, 0.1) is 5.92 Å². The van der Waals surface area contributed by atoms with Crippen LogP contribution < -0.4 is 14.2 Å². The Kier molecular flexibility index (Phi) is 5.87. The summed E-state index contributed by atoms with van der Waals surface area (Å²) in [6.07, 6.45) is 1.20. The van der Waals surface area contributed by atoms with Crippen LogP contribution in [0.5, 0.6) is 17.2 Å². The van der Waals surface area contributed by atoms with Crippen molar-refractivity contribution >= 4 is 11.8 Å². The van der Waals surface area contributed by atoms with Gasteiger partial charge in [0.05, 0.1) is 27.2 Å². The maximum Gasteiger partial charge on any atom is 0.311 e. The molecule has 0 bridgehead atoms. The van der Waals surface area contributed by atoms with E-state index < -0.39 is 5.92 Å². The quantitative estimate of drug-likeness (QED) is 0.678. The molecular formula is C22H24O6. The highest BCUT2D eigenvalue weighted by molar-refractivity contribution is 6.02. The van der Waals surface area contributed by atoms with Gasteiger partial charge in [0, 0.05) is 17.5 Å². The van der Waals surface area contributed by atoms with E-state index in [-0.39, 0.29) is 18.4 Å². The van der Waals surface area contributed by atoms with Gasteiger partial charge in [-0.3, -0.25) is 9.59 Å². The number of ether oxygens (including phenoxy) is 4. The molecule has 1 atom stereocenters. The maximum absolute atomic E-state index is 12.2. The van der Waals surface area contributed by atoms with Crippen molar-refractivity contribution in [1.82, 2.24) is 0 Å². The largest absolute Gasteiger partial charge is 0.493 e. The molecule has 0 fully saturated rings. The highest BCUT2D eigenvalue weighted by atomic mass is 16.5. The van der Waals surface area contributed by atoms with Gasteiger partial charge in [0.2, 0.25) is 5.75 Å². The topological polar surface area (TPSA) is 71.1 Å². The minimum absolute atomic E-state index is 0.122. The standard InChI is InChI=1S/C22H24O6/c1-13(22(24)27-4)12-28-20-17(9-11-19(25-2)21(20)26-3)14-6-5-7-16-15(14)8-10-18(16)23/h5-7,9,11,13H,8,10,12H2,1-4H3/t13-/m1/s1. The summed E-state index contributed by atoms with van der Waals surface area (Å²) in [4.78, 5) is 23.9. The number of benzene rings is 2. The van der Waals surface area contributed by atoms with E-state index in [9.17, 15) is 9.59 Å². The van der Waals surface area contributed by atoms with Gasteiger partial charge in [-0.15, -0.1) is 0 Å². The second kappa shape index (κ2) is 8.33. The molecule has 0 aromatic heterocycles. The highest BCUT2D eigenvalue weighted by Gasteiger charge is 2.26. The molecule has 1 aliphatic rings. The van der Waals surface area contributed by atoms with Gasteiger partial charge >= 0.3 is 5.97 Å². The van der Waals surface area contributed by atoms with Gasteiger partial charge in [-0.05, 0) is 36.6 Å². The zero-order chi connectivity index (χ0) is 20.3. The molecule has 0 N–H and O–H groups in total. The molecule has 0 amide bonds. The fourth-order valence-electron chi connectivity index (χ4n) is 3.47. The molecule has 0 heterocycles. The number of ketones is 1. The van der Waals surface area contributed by atoms with Crippen LogP contribution in [0.4, 0.5) is 0 Å². The lowest BCUT2D eigenvalue weighted by Gasteiger charge is -2.20. The fraction of sp³-hybridized carbons (Fsp3) is 0.364. The van der Waals surface area contributed by atoms with Crippen molar-refractivity contribution in [1.29, 1.82) is 0 Å². The number of hydrogen-bond donors (Lipinski definition) is 0. The lowest BCUT2D eigenvalue weighted by atomic mass is 9.95. The van der Waals surface area contributed by atoms with E-state index in [0.29, 0.717) is 30.1 Å². The van der Waals surface area contributed by atoms with Gasteiger partial charge in [0.15, 0.2) is 17.3 Å². The van der Waals surface area contributed by atoms with Crippen LogP contribution in [0.1, 0.15) is 29.3 Å². The first-order valence-electron chi connectivity index (χ1n) is 9.12. The number of hydrogen-bond acceptors (Lipinski definition) is 6. The van der Waals surface area contributed by atoms with Crippen LogP contribution in [0.25, 0.3) is 11.1 Å². The minimum Gasteiger partial charge on any atom is -0.493 e.